The normalized spacial score (nSPS) is 11.4. The molecule has 2 heterocycles. The molecule has 2 aromatic heterocycles. The Morgan fingerprint density at radius 1 is 1.12 bits per heavy atom. The number of sulfone groups is 1. The fourth-order valence-corrected chi connectivity index (χ4v) is 2.40. The van der Waals surface area contributed by atoms with Crippen molar-refractivity contribution in [2.45, 2.75) is 17.8 Å². The molecule has 0 spiro atoms. The minimum absolute atomic E-state index is 0.159. The molecule has 17 heavy (non-hydrogen) atoms. The lowest BCUT2D eigenvalue weighted by Gasteiger charge is -2.02. The summed E-state index contributed by atoms with van der Waals surface area (Å²) in [5.41, 5.74) is 1.30. The third-order valence-electron chi connectivity index (χ3n) is 2.10. The summed E-state index contributed by atoms with van der Waals surface area (Å²) in [5, 5.41) is -0.159. The monoisotopic (exact) mass is 249 g/mol. The predicted molar refractivity (Wildman–Crippen MR) is 61.9 cm³/mol. The first kappa shape index (κ1) is 11.7. The van der Waals surface area contributed by atoms with Crippen LogP contribution in [0, 0.1) is 6.92 Å². The third-order valence-corrected chi connectivity index (χ3v) is 3.54. The summed E-state index contributed by atoms with van der Waals surface area (Å²) in [7, 11) is -3.51. The predicted octanol–water partition coefficient (Wildman–Crippen LogP) is 1.15. The van der Waals surface area contributed by atoms with E-state index in [4.69, 9.17) is 0 Å². The van der Waals surface area contributed by atoms with E-state index >= 15 is 0 Å². The maximum Gasteiger partial charge on any atom is 0.247 e. The zero-order valence-corrected chi connectivity index (χ0v) is 10.1. The van der Waals surface area contributed by atoms with Crippen molar-refractivity contribution in [3.8, 4) is 0 Å². The number of pyridine rings is 1. The molecule has 88 valence electrons. The van der Waals surface area contributed by atoms with Gasteiger partial charge in [0.25, 0.3) is 0 Å². The van der Waals surface area contributed by atoms with Crippen LogP contribution < -0.4 is 0 Å². The minimum atomic E-state index is -3.51. The molecule has 2 aromatic rings. The maximum absolute atomic E-state index is 11.9. The molecule has 6 heteroatoms. The number of hydrogen-bond acceptors (Lipinski definition) is 5. The SMILES string of the molecule is Cc1cnc(S(=O)(=O)Cc2ccccn2)nc1. The van der Waals surface area contributed by atoms with Crippen molar-refractivity contribution in [2.24, 2.45) is 0 Å². The van der Waals surface area contributed by atoms with Gasteiger partial charge in [-0.15, -0.1) is 0 Å². The summed E-state index contributed by atoms with van der Waals surface area (Å²) < 4.78 is 23.9. The van der Waals surface area contributed by atoms with Gasteiger partial charge in [0.1, 0.15) is 5.75 Å². The van der Waals surface area contributed by atoms with E-state index in [0.717, 1.165) is 5.56 Å². The highest BCUT2D eigenvalue weighted by molar-refractivity contribution is 7.90. The second kappa shape index (κ2) is 4.58. The number of rotatable bonds is 3. The van der Waals surface area contributed by atoms with E-state index in [1.54, 1.807) is 31.3 Å². The van der Waals surface area contributed by atoms with E-state index in [-0.39, 0.29) is 10.9 Å². The van der Waals surface area contributed by atoms with Crippen LogP contribution in [0.3, 0.4) is 0 Å². The topological polar surface area (TPSA) is 72.8 Å². The average Bonchev–Trinajstić information content (AvgIpc) is 2.30. The van der Waals surface area contributed by atoms with Gasteiger partial charge in [-0.05, 0) is 24.6 Å². The molecule has 0 fully saturated rings. The Labute approximate surface area is 99.5 Å². The Morgan fingerprint density at radius 2 is 1.82 bits per heavy atom. The van der Waals surface area contributed by atoms with E-state index in [9.17, 15) is 8.42 Å². The van der Waals surface area contributed by atoms with E-state index < -0.39 is 9.84 Å². The van der Waals surface area contributed by atoms with Gasteiger partial charge < -0.3 is 0 Å². The molecular formula is C11H11N3O2S. The largest absolute Gasteiger partial charge is 0.260 e. The molecule has 0 aliphatic carbocycles. The lowest BCUT2D eigenvalue weighted by atomic mass is 10.4. The van der Waals surface area contributed by atoms with Crippen molar-refractivity contribution in [2.75, 3.05) is 0 Å². The molecule has 0 radical (unpaired) electrons. The molecule has 0 bridgehead atoms. The smallest absolute Gasteiger partial charge is 0.247 e. The molecular weight excluding hydrogens is 238 g/mol. The van der Waals surface area contributed by atoms with Crippen LogP contribution in [0.4, 0.5) is 0 Å². The molecule has 0 saturated carbocycles. The summed E-state index contributed by atoms with van der Waals surface area (Å²) in [6, 6.07) is 5.14. The fourth-order valence-electron chi connectivity index (χ4n) is 1.28. The van der Waals surface area contributed by atoms with Crippen molar-refractivity contribution in [3.05, 3.63) is 48.0 Å². The first-order chi connectivity index (χ1) is 8.08. The number of hydrogen-bond donors (Lipinski definition) is 0. The van der Waals surface area contributed by atoms with Crippen LogP contribution in [-0.4, -0.2) is 23.4 Å². The summed E-state index contributed by atoms with van der Waals surface area (Å²) >= 11 is 0. The Morgan fingerprint density at radius 3 is 2.41 bits per heavy atom. The number of aromatic nitrogens is 3. The van der Waals surface area contributed by atoms with Gasteiger partial charge in [-0.2, -0.15) is 0 Å². The van der Waals surface area contributed by atoms with Crippen molar-refractivity contribution < 1.29 is 8.42 Å². The molecule has 0 aliphatic heterocycles. The first-order valence-corrected chi connectivity index (χ1v) is 6.64. The highest BCUT2D eigenvalue weighted by Crippen LogP contribution is 2.10. The highest BCUT2D eigenvalue weighted by Gasteiger charge is 2.18. The van der Waals surface area contributed by atoms with Gasteiger partial charge in [0.2, 0.25) is 15.0 Å². The van der Waals surface area contributed by atoms with Crippen LogP contribution >= 0.6 is 0 Å². The Hall–Kier alpha value is -1.82. The second-order valence-corrected chi connectivity index (χ2v) is 5.51. The first-order valence-electron chi connectivity index (χ1n) is 4.99. The lowest BCUT2D eigenvalue weighted by Crippen LogP contribution is -2.10. The van der Waals surface area contributed by atoms with Crippen LogP contribution in [0.1, 0.15) is 11.3 Å². The molecule has 0 atom stereocenters. The van der Waals surface area contributed by atoms with E-state index in [2.05, 4.69) is 15.0 Å². The molecule has 0 amide bonds. The van der Waals surface area contributed by atoms with Gasteiger partial charge in [-0.25, -0.2) is 18.4 Å². The van der Waals surface area contributed by atoms with Gasteiger partial charge in [-0.1, -0.05) is 6.07 Å². The van der Waals surface area contributed by atoms with Gasteiger partial charge in [0, 0.05) is 18.6 Å². The quantitative estimate of drug-likeness (QED) is 0.763. The minimum Gasteiger partial charge on any atom is -0.260 e. The van der Waals surface area contributed by atoms with Crippen molar-refractivity contribution in [3.63, 3.8) is 0 Å². The van der Waals surface area contributed by atoms with Crippen LogP contribution in [0.15, 0.2) is 41.9 Å². The zero-order valence-electron chi connectivity index (χ0n) is 9.24. The maximum atomic E-state index is 11.9. The lowest BCUT2D eigenvalue weighted by molar-refractivity contribution is 0.585. The molecule has 5 nitrogen and oxygen atoms in total. The Kier molecular flexibility index (Phi) is 3.14. The summed E-state index contributed by atoms with van der Waals surface area (Å²) in [6.07, 6.45) is 4.53. The van der Waals surface area contributed by atoms with Crippen molar-refractivity contribution >= 4 is 9.84 Å². The highest BCUT2D eigenvalue weighted by atomic mass is 32.2. The Balaban J connectivity index is 2.29. The summed E-state index contributed by atoms with van der Waals surface area (Å²) in [5.74, 6) is -0.184. The molecule has 0 aromatic carbocycles. The Bertz CT molecular complexity index is 594. The van der Waals surface area contributed by atoms with Crippen LogP contribution in [-0.2, 0) is 15.6 Å². The number of aryl methyl sites for hydroxylation is 1. The van der Waals surface area contributed by atoms with E-state index in [0.29, 0.717) is 5.69 Å². The summed E-state index contributed by atoms with van der Waals surface area (Å²) in [4.78, 5) is 11.6. The zero-order chi connectivity index (χ0) is 12.3. The van der Waals surface area contributed by atoms with Gasteiger partial charge in [-0.3, -0.25) is 4.98 Å². The van der Waals surface area contributed by atoms with Crippen LogP contribution in [0.2, 0.25) is 0 Å². The van der Waals surface area contributed by atoms with Crippen molar-refractivity contribution in [1.82, 2.24) is 15.0 Å². The molecule has 2 rings (SSSR count). The fraction of sp³-hybridized carbons (Fsp3) is 0.182. The summed E-state index contributed by atoms with van der Waals surface area (Å²) in [6.45, 7) is 1.80. The molecule has 0 saturated heterocycles. The molecule has 0 aliphatic rings. The second-order valence-electron chi connectivity index (χ2n) is 3.62. The number of nitrogens with zero attached hydrogens (tertiary/aromatic N) is 3. The molecule has 0 N–H and O–H groups in total. The molecule has 0 unspecified atom stereocenters. The van der Waals surface area contributed by atoms with Crippen molar-refractivity contribution in [1.29, 1.82) is 0 Å². The van der Waals surface area contributed by atoms with E-state index in [1.807, 2.05) is 0 Å². The standard InChI is InChI=1S/C11H11N3O2S/c1-9-6-13-11(14-7-9)17(15,16)8-10-4-2-3-5-12-10/h2-7H,8H2,1H3. The third kappa shape index (κ3) is 2.85. The van der Waals surface area contributed by atoms with Crippen LogP contribution in [0.5, 0.6) is 0 Å². The van der Waals surface area contributed by atoms with E-state index in [1.165, 1.54) is 12.4 Å². The van der Waals surface area contributed by atoms with Gasteiger partial charge >= 0.3 is 0 Å². The van der Waals surface area contributed by atoms with Gasteiger partial charge in [0.05, 0.1) is 5.69 Å². The average molecular weight is 249 g/mol. The van der Waals surface area contributed by atoms with Crippen LogP contribution in [0.25, 0.3) is 0 Å². The van der Waals surface area contributed by atoms with Gasteiger partial charge in [0.15, 0.2) is 0 Å².